The molecule has 8 heteroatoms. The lowest BCUT2D eigenvalue weighted by molar-refractivity contribution is 0.565. The van der Waals surface area contributed by atoms with Gasteiger partial charge in [0.1, 0.15) is 0 Å². The van der Waals surface area contributed by atoms with Crippen LogP contribution in [-0.4, -0.2) is 33.7 Å². The maximum atomic E-state index is 5.88. The van der Waals surface area contributed by atoms with Gasteiger partial charge in [0.25, 0.3) is 0 Å². The van der Waals surface area contributed by atoms with Crippen LogP contribution in [0.15, 0.2) is 66.3 Å². The molecule has 33 heavy (non-hydrogen) atoms. The highest BCUT2D eigenvalue weighted by Gasteiger charge is 2.42. The Balaban J connectivity index is 1.65. The van der Waals surface area contributed by atoms with Crippen molar-refractivity contribution in [2.45, 2.75) is 25.9 Å². The summed E-state index contributed by atoms with van der Waals surface area (Å²) in [5, 5.41) is 7.24. The highest BCUT2D eigenvalue weighted by atomic mass is 32.1. The standard InChI is InChI=1S/C25H26N6S2/c1-16-15-20(17(2)30(16)25-27-13-14-33-25)23-22(21-7-5-6-12-26-21)28-24(32)31(23)19-10-8-18(9-11-19)29(3)4/h5-15,22-23H,1-4H3,(H,28,32). The lowest BCUT2D eigenvalue weighted by Gasteiger charge is -2.28. The maximum Gasteiger partial charge on any atom is 0.193 e. The highest BCUT2D eigenvalue weighted by molar-refractivity contribution is 7.80. The van der Waals surface area contributed by atoms with Gasteiger partial charge in [-0.05, 0) is 74.1 Å². The first-order chi connectivity index (χ1) is 16.0. The van der Waals surface area contributed by atoms with E-state index in [9.17, 15) is 0 Å². The number of nitrogens with zero attached hydrogens (tertiary/aromatic N) is 5. The second kappa shape index (κ2) is 8.61. The number of pyridine rings is 1. The van der Waals surface area contributed by atoms with E-state index in [0.29, 0.717) is 5.11 Å². The third-order valence-electron chi connectivity index (χ3n) is 6.14. The molecule has 1 fully saturated rings. The lowest BCUT2D eigenvalue weighted by atomic mass is 9.96. The van der Waals surface area contributed by atoms with Crippen LogP contribution in [0.5, 0.6) is 0 Å². The van der Waals surface area contributed by atoms with Crippen molar-refractivity contribution in [3.05, 3.63) is 88.9 Å². The summed E-state index contributed by atoms with van der Waals surface area (Å²) in [6.45, 7) is 4.29. The summed E-state index contributed by atoms with van der Waals surface area (Å²) in [5.74, 6) is 0. The predicted octanol–water partition coefficient (Wildman–Crippen LogP) is 5.19. The van der Waals surface area contributed by atoms with Crippen LogP contribution < -0.4 is 15.1 Å². The van der Waals surface area contributed by atoms with Crippen molar-refractivity contribution >= 4 is 40.0 Å². The summed E-state index contributed by atoms with van der Waals surface area (Å²) in [4.78, 5) is 13.5. The fourth-order valence-electron chi connectivity index (χ4n) is 4.57. The van der Waals surface area contributed by atoms with E-state index in [1.165, 1.54) is 5.56 Å². The van der Waals surface area contributed by atoms with Crippen LogP contribution in [0.25, 0.3) is 5.13 Å². The molecule has 6 nitrogen and oxygen atoms in total. The van der Waals surface area contributed by atoms with Crippen LogP contribution in [0.3, 0.4) is 0 Å². The van der Waals surface area contributed by atoms with Crippen molar-refractivity contribution in [3.8, 4) is 5.13 Å². The Morgan fingerprint density at radius 2 is 1.82 bits per heavy atom. The Labute approximate surface area is 203 Å². The first-order valence-electron chi connectivity index (χ1n) is 10.8. The molecule has 0 radical (unpaired) electrons. The number of benzene rings is 1. The number of aromatic nitrogens is 3. The molecule has 5 rings (SSSR count). The van der Waals surface area contributed by atoms with E-state index in [4.69, 9.17) is 12.2 Å². The summed E-state index contributed by atoms with van der Waals surface area (Å²) in [7, 11) is 4.09. The molecule has 1 N–H and O–H groups in total. The quantitative estimate of drug-likeness (QED) is 0.402. The number of aryl methyl sites for hydroxylation is 1. The summed E-state index contributed by atoms with van der Waals surface area (Å²) in [6.07, 6.45) is 3.69. The third-order valence-corrected chi connectivity index (χ3v) is 7.21. The van der Waals surface area contributed by atoms with Gasteiger partial charge in [0.2, 0.25) is 0 Å². The van der Waals surface area contributed by atoms with Crippen LogP contribution in [0.4, 0.5) is 11.4 Å². The van der Waals surface area contributed by atoms with Gasteiger partial charge in [-0.3, -0.25) is 9.55 Å². The summed E-state index contributed by atoms with van der Waals surface area (Å²) >= 11 is 7.52. The summed E-state index contributed by atoms with van der Waals surface area (Å²) < 4.78 is 2.23. The van der Waals surface area contributed by atoms with E-state index in [1.807, 2.05) is 44.0 Å². The lowest BCUT2D eigenvalue weighted by Crippen LogP contribution is -2.29. The Morgan fingerprint density at radius 1 is 1.03 bits per heavy atom. The minimum Gasteiger partial charge on any atom is -0.378 e. The van der Waals surface area contributed by atoms with E-state index in [1.54, 1.807) is 11.3 Å². The summed E-state index contributed by atoms with van der Waals surface area (Å²) in [5.41, 5.74) is 6.70. The zero-order chi connectivity index (χ0) is 23.1. The van der Waals surface area contributed by atoms with Crippen LogP contribution in [0.2, 0.25) is 0 Å². The van der Waals surface area contributed by atoms with Gasteiger partial charge >= 0.3 is 0 Å². The minimum atomic E-state index is -0.0718. The zero-order valence-corrected chi connectivity index (χ0v) is 20.7. The first kappa shape index (κ1) is 21.6. The molecule has 168 valence electrons. The maximum absolute atomic E-state index is 5.88. The monoisotopic (exact) mass is 474 g/mol. The second-order valence-electron chi connectivity index (χ2n) is 8.38. The molecule has 1 aliphatic rings. The van der Waals surface area contributed by atoms with Gasteiger partial charge in [-0.25, -0.2) is 4.98 Å². The Kier molecular flexibility index (Phi) is 5.64. The van der Waals surface area contributed by atoms with E-state index >= 15 is 0 Å². The van der Waals surface area contributed by atoms with Crippen LogP contribution in [0.1, 0.15) is 34.7 Å². The molecule has 2 atom stereocenters. The molecule has 0 bridgehead atoms. The average molecular weight is 475 g/mol. The first-order valence-corrected chi connectivity index (χ1v) is 12.1. The van der Waals surface area contributed by atoms with E-state index in [0.717, 1.165) is 33.6 Å². The molecular weight excluding hydrogens is 448 g/mol. The van der Waals surface area contributed by atoms with Gasteiger partial charge in [-0.1, -0.05) is 6.07 Å². The van der Waals surface area contributed by atoms with Gasteiger partial charge < -0.3 is 15.1 Å². The van der Waals surface area contributed by atoms with Gasteiger partial charge in [-0.15, -0.1) is 11.3 Å². The molecule has 0 aliphatic carbocycles. The van der Waals surface area contributed by atoms with Crippen LogP contribution in [-0.2, 0) is 0 Å². The van der Waals surface area contributed by atoms with Crippen molar-refractivity contribution in [1.82, 2.24) is 19.9 Å². The predicted molar refractivity (Wildman–Crippen MR) is 140 cm³/mol. The molecule has 3 aromatic heterocycles. The summed E-state index contributed by atoms with van der Waals surface area (Å²) in [6, 6.07) is 16.7. The zero-order valence-electron chi connectivity index (χ0n) is 19.1. The number of nitrogens with one attached hydrogen (secondary N) is 1. The fourth-order valence-corrected chi connectivity index (χ4v) is 5.67. The molecule has 4 aromatic rings. The van der Waals surface area contributed by atoms with Crippen molar-refractivity contribution in [3.63, 3.8) is 0 Å². The Morgan fingerprint density at radius 3 is 2.45 bits per heavy atom. The molecule has 0 amide bonds. The van der Waals surface area contributed by atoms with Gasteiger partial charge in [0.05, 0.1) is 17.8 Å². The van der Waals surface area contributed by atoms with Crippen molar-refractivity contribution in [1.29, 1.82) is 0 Å². The normalized spacial score (nSPS) is 17.9. The van der Waals surface area contributed by atoms with Crippen LogP contribution >= 0.6 is 23.6 Å². The molecule has 0 saturated carbocycles. The molecule has 1 aliphatic heterocycles. The molecule has 1 saturated heterocycles. The number of rotatable bonds is 5. The molecule has 0 spiro atoms. The molecule has 4 heterocycles. The van der Waals surface area contributed by atoms with E-state index in [2.05, 4.69) is 79.9 Å². The van der Waals surface area contributed by atoms with Crippen molar-refractivity contribution < 1.29 is 0 Å². The van der Waals surface area contributed by atoms with Crippen molar-refractivity contribution in [2.75, 3.05) is 23.9 Å². The highest BCUT2D eigenvalue weighted by Crippen LogP contribution is 2.44. The molecular formula is C25H26N6S2. The largest absolute Gasteiger partial charge is 0.378 e. The fraction of sp³-hybridized carbons (Fsp3) is 0.240. The molecule has 2 unspecified atom stereocenters. The number of hydrogen-bond donors (Lipinski definition) is 1. The van der Waals surface area contributed by atoms with Gasteiger partial charge in [-0.2, -0.15) is 0 Å². The van der Waals surface area contributed by atoms with Crippen LogP contribution in [0, 0.1) is 13.8 Å². The topological polar surface area (TPSA) is 49.2 Å². The average Bonchev–Trinajstić information content (AvgIpc) is 3.52. The Bertz CT molecular complexity index is 1260. The molecule has 1 aromatic carbocycles. The minimum absolute atomic E-state index is 0.0440. The number of thiazole rings is 1. The third kappa shape index (κ3) is 3.79. The SMILES string of the molecule is Cc1cc(C2C(c3ccccn3)NC(=S)N2c2ccc(N(C)C)cc2)c(C)n1-c1nccs1. The van der Waals surface area contributed by atoms with E-state index < -0.39 is 0 Å². The van der Waals surface area contributed by atoms with Gasteiger partial charge in [0, 0.05) is 54.6 Å². The van der Waals surface area contributed by atoms with Crippen molar-refractivity contribution in [2.24, 2.45) is 0 Å². The van der Waals surface area contributed by atoms with Gasteiger partial charge in [0.15, 0.2) is 10.2 Å². The smallest absolute Gasteiger partial charge is 0.193 e. The second-order valence-corrected chi connectivity index (χ2v) is 9.64. The Hall–Kier alpha value is -3.23. The number of thiocarbonyl (C=S) groups is 1. The number of hydrogen-bond acceptors (Lipinski definition) is 5. The van der Waals surface area contributed by atoms with E-state index in [-0.39, 0.29) is 12.1 Å². The number of anilines is 2.